The van der Waals surface area contributed by atoms with Crippen LogP contribution in [0.15, 0.2) is 30.3 Å². The highest BCUT2D eigenvalue weighted by Crippen LogP contribution is 2.23. The molecule has 0 radical (unpaired) electrons. The quantitative estimate of drug-likeness (QED) is 0.837. The minimum absolute atomic E-state index is 0.994. The lowest BCUT2D eigenvalue weighted by Gasteiger charge is -2.31. The molecule has 0 unspecified atom stereocenters. The van der Waals surface area contributed by atoms with Crippen LogP contribution in [0.3, 0.4) is 0 Å². The summed E-state index contributed by atoms with van der Waals surface area (Å²) in [7, 11) is 0. The van der Waals surface area contributed by atoms with Gasteiger partial charge in [0.2, 0.25) is 0 Å². The Hall–Kier alpha value is -1.16. The number of hydrogen-bond donors (Lipinski definition) is 1. The molecule has 0 aliphatic carbocycles. The van der Waals surface area contributed by atoms with Gasteiger partial charge in [-0.25, -0.2) is 5.01 Å². The van der Waals surface area contributed by atoms with Crippen LogP contribution in [-0.4, -0.2) is 42.6 Å². The maximum atomic E-state index is 5.79. The molecule has 0 saturated carbocycles. The van der Waals surface area contributed by atoms with Gasteiger partial charge in [0.1, 0.15) is 0 Å². The first-order valence-corrected chi connectivity index (χ1v) is 7.64. The predicted octanol–water partition coefficient (Wildman–Crippen LogP) is 2.67. The molecule has 1 aromatic carbocycles. The standard InChI is InChI=1S/C17H27N3/c1-3-16(17-9-5-4-7-15(17)2)8-6-10-19-11-13-20(18)14-12-19/h3-5,7,9H,6,8,10-14,18H2,1-2H3/b16-3-. The van der Waals surface area contributed by atoms with Gasteiger partial charge in [0.05, 0.1) is 0 Å². The van der Waals surface area contributed by atoms with E-state index in [1.165, 1.54) is 29.7 Å². The van der Waals surface area contributed by atoms with Crippen LogP contribution in [0.5, 0.6) is 0 Å². The molecule has 0 atom stereocenters. The third-order valence-electron chi connectivity index (χ3n) is 4.17. The van der Waals surface area contributed by atoms with Gasteiger partial charge in [-0.2, -0.15) is 0 Å². The number of allylic oxidation sites excluding steroid dienone is 2. The van der Waals surface area contributed by atoms with Crippen molar-refractivity contribution in [1.29, 1.82) is 0 Å². The molecule has 0 spiro atoms. The van der Waals surface area contributed by atoms with Crippen molar-refractivity contribution in [3.05, 3.63) is 41.5 Å². The van der Waals surface area contributed by atoms with E-state index in [4.69, 9.17) is 5.84 Å². The number of aryl methyl sites for hydroxylation is 1. The van der Waals surface area contributed by atoms with Gasteiger partial charge in [0.15, 0.2) is 0 Å². The van der Waals surface area contributed by atoms with Crippen molar-refractivity contribution in [1.82, 2.24) is 9.91 Å². The number of rotatable bonds is 5. The monoisotopic (exact) mass is 273 g/mol. The Morgan fingerprint density at radius 2 is 1.90 bits per heavy atom. The first kappa shape index (κ1) is 15.2. The zero-order valence-electron chi connectivity index (χ0n) is 12.8. The lowest BCUT2D eigenvalue weighted by molar-refractivity contribution is 0.133. The SMILES string of the molecule is C/C=C(/CCCN1CCN(N)CC1)c1ccccc1C. The summed E-state index contributed by atoms with van der Waals surface area (Å²) in [5.74, 6) is 5.79. The third-order valence-corrected chi connectivity index (χ3v) is 4.17. The summed E-state index contributed by atoms with van der Waals surface area (Å²) >= 11 is 0. The Balaban J connectivity index is 1.82. The topological polar surface area (TPSA) is 32.5 Å². The molecule has 1 saturated heterocycles. The Kier molecular flexibility index (Phi) is 5.77. The van der Waals surface area contributed by atoms with Gasteiger partial charge in [-0.05, 0) is 49.9 Å². The highest BCUT2D eigenvalue weighted by Gasteiger charge is 2.13. The van der Waals surface area contributed by atoms with Crippen LogP contribution in [0, 0.1) is 6.92 Å². The fraction of sp³-hybridized carbons (Fsp3) is 0.529. The van der Waals surface area contributed by atoms with Crippen molar-refractivity contribution in [3.63, 3.8) is 0 Å². The second kappa shape index (κ2) is 7.58. The van der Waals surface area contributed by atoms with E-state index in [0.29, 0.717) is 0 Å². The maximum absolute atomic E-state index is 5.79. The number of nitrogens with zero attached hydrogens (tertiary/aromatic N) is 2. The molecule has 0 bridgehead atoms. The zero-order valence-corrected chi connectivity index (χ0v) is 12.8. The molecule has 110 valence electrons. The first-order valence-electron chi connectivity index (χ1n) is 7.64. The second-order valence-electron chi connectivity index (χ2n) is 5.61. The lowest BCUT2D eigenvalue weighted by atomic mass is 9.96. The number of piperazine rings is 1. The zero-order chi connectivity index (χ0) is 14.4. The molecule has 1 aromatic rings. The van der Waals surface area contributed by atoms with Crippen LogP contribution in [0.1, 0.15) is 30.9 Å². The second-order valence-corrected chi connectivity index (χ2v) is 5.61. The highest BCUT2D eigenvalue weighted by atomic mass is 15.4. The largest absolute Gasteiger partial charge is 0.301 e. The Morgan fingerprint density at radius 3 is 2.55 bits per heavy atom. The molecule has 3 nitrogen and oxygen atoms in total. The van der Waals surface area contributed by atoms with Crippen molar-refractivity contribution in [2.75, 3.05) is 32.7 Å². The fourth-order valence-corrected chi connectivity index (χ4v) is 2.85. The predicted molar refractivity (Wildman–Crippen MR) is 86.3 cm³/mol. The van der Waals surface area contributed by atoms with Crippen molar-refractivity contribution < 1.29 is 0 Å². The van der Waals surface area contributed by atoms with E-state index >= 15 is 0 Å². The van der Waals surface area contributed by atoms with Crippen LogP contribution >= 0.6 is 0 Å². The van der Waals surface area contributed by atoms with Crippen LogP contribution in [0.25, 0.3) is 5.57 Å². The summed E-state index contributed by atoms with van der Waals surface area (Å²) in [4.78, 5) is 2.52. The minimum atomic E-state index is 0.994. The summed E-state index contributed by atoms with van der Waals surface area (Å²) in [5.41, 5.74) is 4.25. The molecule has 1 fully saturated rings. The van der Waals surface area contributed by atoms with E-state index < -0.39 is 0 Å². The summed E-state index contributed by atoms with van der Waals surface area (Å²) in [6.45, 7) is 9.71. The van der Waals surface area contributed by atoms with Gasteiger partial charge in [-0.3, -0.25) is 5.84 Å². The maximum Gasteiger partial charge on any atom is 0.0257 e. The van der Waals surface area contributed by atoms with E-state index in [0.717, 1.165) is 32.6 Å². The van der Waals surface area contributed by atoms with Crippen molar-refractivity contribution >= 4 is 5.57 Å². The van der Waals surface area contributed by atoms with Gasteiger partial charge in [0.25, 0.3) is 0 Å². The molecule has 1 aliphatic heterocycles. The normalized spacial score (nSPS) is 18.4. The lowest BCUT2D eigenvalue weighted by Crippen LogP contribution is -2.49. The smallest absolute Gasteiger partial charge is 0.0257 e. The number of hydrogen-bond acceptors (Lipinski definition) is 3. The van der Waals surface area contributed by atoms with Crippen molar-refractivity contribution in [2.24, 2.45) is 5.84 Å². The van der Waals surface area contributed by atoms with Crippen LogP contribution in [0.2, 0.25) is 0 Å². The molecule has 1 aliphatic rings. The summed E-state index contributed by atoms with van der Waals surface area (Å²) < 4.78 is 0. The molecule has 0 amide bonds. The van der Waals surface area contributed by atoms with Gasteiger partial charge in [-0.15, -0.1) is 0 Å². The Bertz CT molecular complexity index is 445. The van der Waals surface area contributed by atoms with Crippen molar-refractivity contribution in [3.8, 4) is 0 Å². The van der Waals surface area contributed by atoms with Gasteiger partial charge >= 0.3 is 0 Å². The van der Waals surface area contributed by atoms with E-state index in [1.807, 2.05) is 5.01 Å². The minimum Gasteiger partial charge on any atom is -0.301 e. The first-order chi connectivity index (χ1) is 9.70. The molecule has 0 aromatic heterocycles. The van der Waals surface area contributed by atoms with Gasteiger partial charge < -0.3 is 4.90 Å². The van der Waals surface area contributed by atoms with E-state index in [1.54, 1.807) is 0 Å². The molecule has 1 heterocycles. The van der Waals surface area contributed by atoms with E-state index in [9.17, 15) is 0 Å². The third kappa shape index (κ3) is 4.17. The van der Waals surface area contributed by atoms with Crippen LogP contribution in [0.4, 0.5) is 0 Å². The fourth-order valence-electron chi connectivity index (χ4n) is 2.85. The molecule has 20 heavy (non-hydrogen) atoms. The van der Waals surface area contributed by atoms with Gasteiger partial charge in [0, 0.05) is 26.2 Å². The van der Waals surface area contributed by atoms with E-state index in [2.05, 4.69) is 49.1 Å². The Morgan fingerprint density at radius 1 is 1.20 bits per heavy atom. The molecular formula is C17H27N3. The van der Waals surface area contributed by atoms with Crippen molar-refractivity contribution in [2.45, 2.75) is 26.7 Å². The molecule has 3 heteroatoms. The average molecular weight is 273 g/mol. The molecule has 2 rings (SSSR count). The van der Waals surface area contributed by atoms with Crippen LogP contribution in [-0.2, 0) is 0 Å². The number of hydrazine groups is 1. The Labute approximate surface area is 123 Å². The van der Waals surface area contributed by atoms with E-state index in [-0.39, 0.29) is 0 Å². The van der Waals surface area contributed by atoms with Crippen LogP contribution < -0.4 is 5.84 Å². The molecule has 2 N–H and O–H groups in total. The number of benzene rings is 1. The summed E-state index contributed by atoms with van der Waals surface area (Å²) in [6.07, 6.45) is 4.64. The van der Waals surface area contributed by atoms with Gasteiger partial charge in [-0.1, -0.05) is 30.3 Å². The average Bonchev–Trinajstić information content (AvgIpc) is 2.47. The molecular weight excluding hydrogens is 246 g/mol. The summed E-state index contributed by atoms with van der Waals surface area (Å²) in [6, 6.07) is 8.67. The summed E-state index contributed by atoms with van der Waals surface area (Å²) in [5, 5.41) is 1.92. The highest BCUT2D eigenvalue weighted by molar-refractivity contribution is 5.67. The number of nitrogens with two attached hydrogens (primary N) is 1.